The van der Waals surface area contributed by atoms with Gasteiger partial charge in [-0.05, 0) is 61.2 Å². The first-order valence-corrected chi connectivity index (χ1v) is 7.86. The average molecular weight is 234 g/mol. The van der Waals surface area contributed by atoms with E-state index in [1.807, 2.05) is 0 Å². The number of ether oxygens (including phenoxy) is 1. The Morgan fingerprint density at radius 3 is 2.82 bits per heavy atom. The Morgan fingerprint density at radius 1 is 0.941 bits per heavy atom. The third-order valence-electron chi connectivity index (χ3n) is 6.93. The molecule has 4 aliphatic rings. The van der Waals surface area contributed by atoms with Crippen molar-refractivity contribution in [2.75, 3.05) is 6.61 Å². The van der Waals surface area contributed by atoms with Crippen LogP contribution in [-0.4, -0.2) is 12.7 Å². The molecule has 2 bridgehead atoms. The van der Waals surface area contributed by atoms with Gasteiger partial charge in [-0.2, -0.15) is 0 Å². The Kier molecular flexibility index (Phi) is 2.23. The Balaban J connectivity index is 1.75. The molecule has 0 spiro atoms. The van der Waals surface area contributed by atoms with Gasteiger partial charge in [-0.1, -0.05) is 26.2 Å². The largest absolute Gasteiger partial charge is 0.377 e. The van der Waals surface area contributed by atoms with E-state index >= 15 is 0 Å². The topological polar surface area (TPSA) is 9.23 Å². The van der Waals surface area contributed by atoms with Crippen molar-refractivity contribution in [3.05, 3.63) is 0 Å². The molecule has 1 nitrogen and oxygen atoms in total. The minimum Gasteiger partial charge on any atom is -0.377 e. The van der Waals surface area contributed by atoms with Gasteiger partial charge in [-0.3, -0.25) is 0 Å². The molecule has 17 heavy (non-hydrogen) atoms. The van der Waals surface area contributed by atoms with Gasteiger partial charge in [0.1, 0.15) is 0 Å². The molecule has 5 atom stereocenters. The summed E-state index contributed by atoms with van der Waals surface area (Å²) >= 11 is 0. The van der Waals surface area contributed by atoms with Crippen molar-refractivity contribution in [2.24, 2.45) is 22.7 Å². The summed E-state index contributed by atoms with van der Waals surface area (Å²) in [5.41, 5.74) is 1.25. The van der Waals surface area contributed by atoms with E-state index in [1.165, 1.54) is 57.8 Å². The van der Waals surface area contributed by atoms with Gasteiger partial charge < -0.3 is 4.74 Å². The molecule has 0 N–H and O–H groups in total. The molecular weight excluding hydrogens is 208 g/mol. The van der Waals surface area contributed by atoms with Crippen molar-refractivity contribution < 1.29 is 4.74 Å². The highest BCUT2D eigenvalue weighted by molar-refractivity contribution is 5.11. The first kappa shape index (κ1) is 10.8. The van der Waals surface area contributed by atoms with E-state index < -0.39 is 0 Å². The summed E-state index contributed by atoms with van der Waals surface area (Å²) < 4.78 is 6.23. The van der Waals surface area contributed by atoms with Crippen LogP contribution >= 0.6 is 0 Å². The minimum atomic E-state index is 0.617. The highest BCUT2D eigenvalue weighted by atomic mass is 16.5. The smallest absolute Gasteiger partial charge is 0.0615 e. The Morgan fingerprint density at radius 2 is 1.88 bits per heavy atom. The molecule has 4 fully saturated rings. The maximum Gasteiger partial charge on any atom is 0.0615 e. The van der Waals surface area contributed by atoms with Crippen LogP contribution in [0.1, 0.15) is 64.7 Å². The van der Waals surface area contributed by atoms with Crippen LogP contribution in [0.4, 0.5) is 0 Å². The third-order valence-corrected chi connectivity index (χ3v) is 6.93. The maximum atomic E-state index is 6.23. The Hall–Kier alpha value is -0.0400. The predicted octanol–water partition coefficient (Wildman–Crippen LogP) is 4.16. The zero-order chi connectivity index (χ0) is 11.5. The van der Waals surface area contributed by atoms with E-state index in [0.717, 1.165) is 18.4 Å². The molecule has 1 heteroatoms. The summed E-state index contributed by atoms with van der Waals surface area (Å²) in [5, 5.41) is 0. The van der Waals surface area contributed by atoms with Gasteiger partial charge in [0.05, 0.1) is 12.7 Å². The summed E-state index contributed by atoms with van der Waals surface area (Å²) in [6.07, 6.45) is 13.8. The normalized spacial score (nSPS) is 57.4. The van der Waals surface area contributed by atoms with E-state index in [-0.39, 0.29) is 0 Å². The first-order valence-electron chi connectivity index (χ1n) is 7.86. The van der Waals surface area contributed by atoms with E-state index in [0.29, 0.717) is 16.9 Å². The second-order valence-corrected chi connectivity index (χ2v) is 7.57. The summed E-state index contributed by atoms with van der Waals surface area (Å²) in [6, 6.07) is 0. The molecule has 0 radical (unpaired) electrons. The molecule has 0 amide bonds. The van der Waals surface area contributed by atoms with Crippen LogP contribution in [0.2, 0.25) is 0 Å². The van der Waals surface area contributed by atoms with Crippen LogP contribution in [0, 0.1) is 22.7 Å². The van der Waals surface area contributed by atoms with Crippen LogP contribution in [0.15, 0.2) is 0 Å². The van der Waals surface area contributed by atoms with Gasteiger partial charge in [-0.15, -0.1) is 0 Å². The summed E-state index contributed by atoms with van der Waals surface area (Å²) in [6.45, 7) is 3.73. The van der Waals surface area contributed by atoms with Crippen molar-refractivity contribution in [3.8, 4) is 0 Å². The van der Waals surface area contributed by atoms with Crippen LogP contribution in [0.3, 0.4) is 0 Å². The second kappa shape index (κ2) is 3.50. The number of hydrogen-bond acceptors (Lipinski definition) is 1. The van der Waals surface area contributed by atoms with Crippen molar-refractivity contribution in [1.29, 1.82) is 0 Å². The summed E-state index contributed by atoms with van der Waals surface area (Å²) in [7, 11) is 0. The molecule has 3 aliphatic carbocycles. The van der Waals surface area contributed by atoms with Gasteiger partial charge in [0, 0.05) is 0 Å². The highest BCUT2D eigenvalue weighted by Gasteiger charge is 2.62. The lowest BCUT2D eigenvalue weighted by molar-refractivity contribution is -0.0959. The molecule has 0 aromatic heterocycles. The first-order chi connectivity index (χ1) is 8.25. The SMILES string of the molecule is C[C@]12CCCC[C@@H]1CC[C@@]13CCC[C@@H](OC1)[C@H]32. The lowest BCUT2D eigenvalue weighted by atomic mass is 9.45. The predicted molar refractivity (Wildman–Crippen MR) is 68.8 cm³/mol. The van der Waals surface area contributed by atoms with E-state index in [4.69, 9.17) is 4.74 Å². The lowest BCUT2D eigenvalue weighted by Crippen LogP contribution is -2.54. The fraction of sp³-hybridized carbons (Fsp3) is 1.00. The monoisotopic (exact) mass is 234 g/mol. The zero-order valence-electron chi connectivity index (χ0n) is 11.2. The lowest BCUT2D eigenvalue weighted by Gasteiger charge is -2.58. The van der Waals surface area contributed by atoms with Crippen molar-refractivity contribution in [3.63, 3.8) is 0 Å². The molecule has 1 heterocycles. The molecule has 0 unspecified atom stereocenters. The quantitative estimate of drug-likeness (QED) is 0.611. The van der Waals surface area contributed by atoms with Gasteiger partial charge in [0.2, 0.25) is 0 Å². The summed E-state index contributed by atoms with van der Waals surface area (Å²) in [5.74, 6) is 1.94. The van der Waals surface area contributed by atoms with Gasteiger partial charge in [-0.25, -0.2) is 0 Å². The molecule has 0 aromatic carbocycles. The molecule has 96 valence electrons. The van der Waals surface area contributed by atoms with E-state index in [1.54, 1.807) is 0 Å². The Labute approximate surface area is 105 Å². The Bertz CT molecular complexity index is 321. The molecule has 1 saturated heterocycles. The number of fused-ring (bicyclic) bond motifs is 1. The van der Waals surface area contributed by atoms with Crippen molar-refractivity contribution >= 4 is 0 Å². The van der Waals surface area contributed by atoms with Crippen LogP contribution < -0.4 is 0 Å². The maximum absolute atomic E-state index is 6.23. The molecule has 4 rings (SSSR count). The second-order valence-electron chi connectivity index (χ2n) is 7.57. The van der Waals surface area contributed by atoms with Gasteiger partial charge >= 0.3 is 0 Å². The zero-order valence-corrected chi connectivity index (χ0v) is 11.2. The van der Waals surface area contributed by atoms with E-state index in [2.05, 4.69) is 6.92 Å². The minimum absolute atomic E-state index is 0.617. The molecule has 3 saturated carbocycles. The fourth-order valence-corrected chi connectivity index (χ4v) is 6.24. The molecule has 1 aliphatic heterocycles. The standard InChI is InChI=1S/C16H26O/c1-15-8-3-2-5-12(15)7-10-16-9-4-6-13(14(15)16)17-11-16/h12-14H,2-11H2,1H3/t12-,13-,14+,15+,16+/m1/s1. The number of rotatable bonds is 0. The van der Waals surface area contributed by atoms with Gasteiger partial charge in [0.15, 0.2) is 0 Å². The fourth-order valence-electron chi connectivity index (χ4n) is 6.24. The third kappa shape index (κ3) is 1.30. The van der Waals surface area contributed by atoms with Crippen molar-refractivity contribution in [2.45, 2.75) is 70.8 Å². The highest BCUT2D eigenvalue weighted by Crippen LogP contribution is 2.66. The number of hydrogen-bond donors (Lipinski definition) is 0. The van der Waals surface area contributed by atoms with Crippen molar-refractivity contribution in [1.82, 2.24) is 0 Å². The van der Waals surface area contributed by atoms with Crippen LogP contribution in [-0.2, 0) is 4.74 Å². The van der Waals surface area contributed by atoms with Crippen LogP contribution in [0.25, 0.3) is 0 Å². The summed E-state index contributed by atoms with van der Waals surface area (Å²) in [4.78, 5) is 0. The molecular formula is C16H26O. The van der Waals surface area contributed by atoms with Gasteiger partial charge in [0.25, 0.3) is 0 Å². The van der Waals surface area contributed by atoms with E-state index in [9.17, 15) is 0 Å². The average Bonchev–Trinajstić information content (AvgIpc) is 2.60. The molecule has 0 aromatic rings. The van der Waals surface area contributed by atoms with Crippen LogP contribution in [0.5, 0.6) is 0 Å².